The van der Waals surface area contributed by atoms with Gasteiger partial charge in [0.1, 0.15) is 11.0 Å². The van der Waals surface area contributed by atoms with Gasteiger partial charge in [0, 0.05) is 5.56 Å². The maximum atomic E-state index is 12.8. The molecule has 1 aromatic rings. The van der Waals surface area contributed by atoms with Crippen molar-refractivity contribution in [2.75, 3.05) is 0 Å². The Morgan fingerprint density at radius 1 is 1.75 bits per heavy atom. The van der Waals surface area contributed by atoms with Crippen LogP contribution in [0.2, 0.25) is 5.15 Å². The Labute approximate surface area is 73.4 Å². The van der Waals surface area contributed by atoms with Crippen LogP contribution in [0.4, 0.5) is 4.39 Å². The summed E-state index contributed by atoms with van der Waals surface area (Å²) in [6.07, 6.45) is 0.949. The Bertz CT molecular complexity index is 340. The number of nitrogens with zero attached hydrogens (tertiary/aromatic N) is 1. The predicted molar refractivity (Wildman–Crippen MR) is 42.5 cm³/mol. The maximum Gasteiger partial charge on any atom is 0.252 e. The molecule has 3 nitrogen and oxygen atoms in total. The minimum atomic E-state index is -0.774. The molecule has 1 rings (SSSR count). The van der Waals surface area contributed by atoms with E-state index in [1.807, 2.05) is 0 Å². The zero-order valence-corrected chi connectivity index (χ0v) is 7.02. The first-order valence-corrected chi connectivity index (χ1v) is 3.52. The minimum absolute atomic E-state index is 0.0586. The van der Waals surface area contributed by atoms with E-state index in [-0.39, 0.29) is 16.3 Å². The van der Waals surface area contributed by atoms with Crippen LogP contribution in [0.5, 0.6) is 0 Å². The summed E-state index contributed by atoms with van der Waals surface area (Å²) in [4.78, 5) is 14.2. The monoisotopic (exact) mass is 188 g/mol. The number of primary amides is 1. The molecule has 0 unspecified atom stereocenters. The highest BCUT2D eigenvalue weighted by molar-refractivity contribution is 6.32. The molecule has 1 heterocycles. The number of hydrogen-bond acceptors (Lipinski definition) is 2. The van der Waals surface area contributed by atoms with E-state index in [1.54, 1.807) is 0 Å². The molecular formula is C7H6ClFN2O. The molecule has 0 fully saturated rings. The fraction of sp³-hybridized carbons (Fsp3) is 0.143. The van der Waals surface area contributed by atoms with E-state index >= 15 is 0 Å². The van der Waals surface area contributed by atoms with E-state index in [4.69, 9.17) is 17.3 Å². The van der Waals surface area contributed by atoms with Gasteiger partial charge in [-0.2, -0.15) is 0 Å². The molecule has 5 heteroatoms. The second-order valence-electron chi connectivity index (χ2n) is 2.26. The SMILES string of the molecule is Cc1c(F)cnc(Cl)c1C(N)=O. The molecule has 0 atom stereocenters. The van der Waals surface area contributed by atoms with Gasteiger partial charge in [0.05, 0.1) is 11.8 Å². The van der Waals surface area contributed by atoms with Crippen LogP contribution in [-0.2, 0) is 0 Å². The summed E-state index contributed by atoms with van der Waals surface area (Å²) in [7, 11) is 0. The molecule has 0 aromatic carbocycles. The van der Waals surface area contributed by atoms with Gasteiger partial charge >= 0.3 is 0 Å². The smallest absolute Gasteiger partial charge is 0.252 e. The van der Waals surface area contributed by atoms with Gasteiger partial charge in [-0.05, 0) is 6.92 Å². The predicted octanol–water partition coefficient (Wildman–Crippen LogP) is 1.28. The third kappa shape index (κ3) is 1.38. The third-order valence-corrected chi connectivity index (χ3v) is 1.76. The van der Waals surface area contributed by atoms with Crippen LogP contribution in [0.1, 0.15) is 15.9 Å². The molecule has 0 aliphatic heterocycles. The summed E-state index contributed by atoms with van der Waals surface area (Å²) >= 11 is 5.52. The number of aromatic nitrogens is 1. The Hall–Kier alpha value is -1.16. The Kier molecular flexibility index (Phi) is 2.28. The second kappa shape index (κ2) is 3.06. The van der Waals surface area contributed by atoms with Gasteiger partial charge in [0.2, 0.25) is 0 Å². The average molecular weight is 189 g/mol. The van der Waals surface area contributed by atoms with Crippen molar-refractivity contribution in [1.82, 2.24) is 4.98 Å². The van der Waals surface area contributed by atoms with Crippen LogP contribution < -0.4 is 5.73 Å². The van der Waals surface area contributed by atoms with Crippen molar-refractivity contribution in [2.45, 2.75) is 6.92 Å². The molecule has 0 aliphatic carbocycles. The number of carbonyl (C=O) groups is 1. The van der Waals surface area contributed by atoms with Crippen LogP contribution in [0.3, 0.4) is 0 Å². The van der Waals surface area contributed by atoms with Crippen molar-refractivity contribution >= 4 is 17.5 Å². The lowest BCUT2D eigenvalue weighted by Crippen LogP contribution is -2.15. The summed E-state index contributed by atoms with van der Waals surface area (Å²) in [6, 6.07) is 0. The molecule has 0 bridgehead atoms. The van der Waals surface area contributed by atoms with Crippen molar-refractivity contribution in [3.8, 4) is 0 Å². The minimum Gasteiger partial charge on any atom is -0.365 e. The van der Waals surface area contributed by atoms with Crippen molar-refractivity contribution in [3.05, 3.63) is 28.3 Å². The highest BCUT2D eigenvalue weighted by Gasteiger charge is 2.14. The van der Waals surface area contributed by atoms with Crippen LogP contribution in [-0.4, -0.2) is 10.9 Å². The zero-order valence-electron chi connectivity index (χ0n) is 6.27. The number of halogens is 2. The molecule has 64 valence electrons. The number of nitrogens with two attached hydrogens (primary N) is 1. The summed E-state index contributed by atoms with van der Waals surface area (Å²) in [5.74, 6) is -1.36. The van der Waals surface area contributed by atoms with E-state index in [1.165, 1.54) is 6.92 Å². The molecule has 0 spiro atoms. The topological polar surface area (TPSA) is 56.0 Å². The quantitative estimate of drug-likeness (QED) is 0.675. The highest BCUT2D eigenvalue weighted by Crippen LogP contribution is 2.18. The lowest BCUT2D eigenvalue weighted by molar-refractivity contribution is 0.0999. The van der Waals surface area contributed by atoms with Gasteiger partial charge in [-0.3, -0.25) is 4.79 Å². The first-order chi connectivity index (χ1) is 5.54. The molecule has 2 N–H and O–H groups in total. The zero-order chi connectivity index (χ0) is 9.30. The molecule has 0 radical (unpaired) electrons. The average Bonchev–Trinajstić information content (AvgIpc) is 1.97. The van der Waals surface area contributed by atoms with Crippen molar-refractivity contribution in [2.24, 2.45) is 5.73 Å². The van der Waals surface area contributed by atoms with E-state index in [0.717, 1.165) is 6.20 Å². The molecule has 0 saturated carbocycles. The van der Waals surface area contributed by atoms with Crippen LogP contribution in [0.25, 0.3) is 0 Å². The second-order valence-corrected chi connectivity index (χ2v) is 2.62. The molecule has 12 heavy (non-hydrogen) atoms. The fourth-order valence-corrected chi connectivity index (χ4v) is 1.12. The first-order valence-electron chi connectivity index (χ1n) is 3.14. The number of amides is 1. The normalized spacial score (nSPS) is 9.92. The number of rotatable bonds is 1. The Balaban J connectivity index is 3.43. The maximum absolute atomic E-state index is 12.8. The summed E-state index contributed by atoms with van der Waals surface area (Å²) < 4.78 is 12.8. The van der Waals surface area contributed by atoms with Gasteiger partial charge in [-0.25, -0.2) is 9.37 Å². The summed E-state index contributed by atoms with van der Waals surface area (Å²) in [5.41, 5.74) is 5.02. The molecule has 1 aromatic heterocycles. The molecule has 0 aliphatic rings. The summed E-state index contributed by atoms with van der Waals surface area (Å²) in [6.45, 7) is 1.42. The lowest BCUT2D eigenvalue weighted by Gasteiger charge is -2.03. The van der Waals surface area contributed by atoms with Gasteiger partial charge in [-0.15, -0.1) is 0 Å². The Morgan fingerprint density at radius 2 is 2.33 bits per heavy atom. The van der Waals surface area contributed by atoms with Gasteiger partial charge < -0.3 is 5.73 Å². The molecule has 0 saturated heterocycles. The van der Waals surface area contributed by atoms with E-state index in [2.05, 4.69) is 4.98 Å². The van der Waals surface area contributed by atoms with Gasteiger partial charge in [0.15, 0.2) is 0 Å². The first kappa shape index (κ1) is 8.93. The number of hydrogen-bond donors (Lipinski definition) is 1. The van der Waals surface area contributed by atoms with Gasteiger partial charge in [-0.1, -0.05) is 11.6 Å². The largest absolute Gasteiger partial charge is 0.365 e. The third-order valence-electron chi connectivity index (χ3n) is 1.48. The Morgan fingerprint density at radius 3 is 2.75 bits per heavy atom. The standard InChI is InChI=1S/C7H6ClFN2O/c1-3-4(9)2-11-6(8)5(3)7(10)12/h2H,1H3,(H2,10,12). The van der Waals surface area contributed by atoms with Crippen molar-refractivity contribution in [3.63, 3.8) is 0 Å². The van der Waals surface area contributed by atoms with Crippen LogP contribution in [0, 0.1) is 12.7 Å². The van der Waals surface area contributed by atoms with Crippen LogP contribution in [0.15, 0.2) is 6.20 Å². The lowest BCUT2D eigenvalue weighted by atomic mass is 10.1. The van der Waals surface area contributed by atoms with E-state index < -0.39 is 11.7 Å². The fourth-order valence-electron chi connectivity index (χ4n) is 0.835. The summed E-state index contributed by atoms with van der Waals surface area (Å²) in [5, 5.41) is -0.0681. The van der Waals surface area contributed by atoms with E-state index in [9.17, 15) is 9.18 Å². The molecule has 1 amide bonds. The highest BCUT2D eigenvalue weighted by atomic mass is 35.5. The van der Waals surface area contributed by atoms with Crippen molar-refractivity contribution < 1.29 is 9.18 Å². The number of carbonyl (C=O) groups excluding carboxylic acids is 1. The van der Waals surface area contributed by atoms with Gasteiger partial charge in [0.25, 0.3) is 5.91 Å². The van der Waals surface area contributed by atoms with Crippen molar-refractivity contribution in [1.29, 1.82) is 0 Å². The van der Waals surface area contributed by atoms with E-state index in [0.29, 0.717) is 0 Å². The van der Waals surface area contributed by atoms with Crippen LogP contribution >= 0.6 is 11.6 Å². The molecular weight excluding hydrogens is 183 g/mol. The number of pyridine rings is 1.